The molecular formula is C21H25N2O6PS. The number of carbonyl (C=O) groups excluding carboxylic acids is 1. The molecule has 0 aliphatic carbocycles. The van der Waals surface area contributed by atoms with Crippen molar-refractivity contribution in [2.75, 3.05) is 18.5 Å². The molecule has 0 radical (unpaired) electrons. The van der Waals surface area contributed by atoms with E-state index >= 15 is 0 Å². The van der Waals surface area contributed by atoms with Crippen LogP contribution in [0, 0.1) is 15.8 Å². The van der Waals surface area contributed by atoms with Crippen molar-refractivity contribution >= 4 is 37.1 Å². The smallest absolute Gasteiger partial charge is 0.414 e. The predicted octanol–water partition coefficient (Wildman–Crippen LogP) is 5.79. The maximum Gasteiger partial charge on any atom is 0.414 e. The van der Waals surface area contributed by atoms with Crippen LogP contribution in [0.2, 0.25) is 0 Å². The lowest BCUT2D eigenvalue weighted by atomic mass is 10.1. The molecule has 8 nitrogen and oxygen atoms in total. The standard InChI is InChI=1S/C21H25N2O6PS/c1-6-26-30(25,27-7-2)17-18(31)15(13-22)16(14-11-9-8-10-12-14)28-19(17)23-20(24)29-21(3,4)5/h8-12H,6-7H2,1-5H3,(H,23,24). The molecule has 0 atom stereocenters. The molecule has 1 aromatic carbocycles. The van der Waals surface area contributed by atoms with Crippen LogP contribution >= 0.6 is 19.8 Å². The highest BCUT2D eigenvalue weighted by Gasteiger charge is 2.36. The van der Waals surface area contributed by atoms with E-state index in [0.717, 1.165) is 0 Å². The Morgan fingerprint density at radius 3 is 2.26 bits per heavy atom. The average molecular weight is 464 g/mol. The molecule has 1 amide bonds. The fourth-order valence-corrected chi connectivity index (χ4v) is 4.95. The summed E-state index contributed by atoms with van der Waals surface area (Å²) in [6.45, 7) is 8.45. The van der Waals surface area contributed by atoms with Crippen LogP contribution in [-0.2, 0) is 18.3 Å². The highest BCUT2D eigenvalue weighted by Crippen LogP contribution is 2.50. The first-order chi connectivity index (χ1) is 14.6. The van der Waals surface area contributed by atoms with Crippen molar-refractivity contribution in [2.45, 2.75) is 40.2 Å². The Balaban J connectivity index is 2.81. The summed E-state index contributed by atoms with van der Waals surface area (Å²) in [4.78, 5) is 12.5. The Hall–Kier alpha value is -2.50. The molecule has 0 spiro atoms. The summed E-state index contributed by atoms with van der Waals surface area (Å²) < 4.78 is 35.5. The van der Waals surface area contributed by atoms with Gasteiger partial charge in [-0.3, -0.25) is 9.88 Å². The number of amides is 1. The van der Waals surface area contributed by atoms with Crippen molar-refractivity contribution in [3.63, 3.8) is 0 Å². The van der Waals surface area contributed by atoms with Crippen molar-refractivity contribution in [1.29, 1.82) is 5.26 Å². The highest BCUT2D eigenvalue weighted by atomic mass is 32.1. The molecule has 1 heterocycles. The summed E-state index contributed by atoms with van der Waals surface area (Å²) in [7, 11) is -4.03. The maximum atomic E-state index is 13.6. The monoisotopic (exact) mass is 464 g/mol. The Morgan fingerprint density at radius 2 is 1.77 bits per heavy atom. The molecule has 0 aliphatic heterocycles. The highest BCUT2D eigenvalue weighted by molar-refractivity contribution is 7.73. The molecule has 0 unspecified atom stereocenters. The Kier molecular flexibility index (Phi) is 8.15. The average Bonchev–Trinajstić information content (AvgIpc) is 2.67. The third-order valence-corrected chi connectivity index (χ3v) is 6.45. The molecule has 1 aromatic heterocycles. The fraction of sp³-hybridized carbons (Fsp3) is 0.381. The van der Waals surface area contributed by atoms with Gasteiger partial charge in [0.05, 0.1) is 17.7 Å². The van der Waals surface area contributed by atoms with Gasteiger partial charge in [-0.05, 0) is 34.6 Å². The molecule has 0 bridgehead atoms. The molecular weight excluding hydrogens is 439 g/mol. The number of ether oxygens (including phenoxy) is 1. The first-order valence-electron chi connectivity index (χ1n) is 9.62. The molecule has 0 fully saturated rings. The van der Waals surface area contributed by atoms with E-state index < -0.39 is 19.3 Å². The van der Waals surface area contributed by atoms with Crippen molar-refractivity contribution in [2.24, 2.45) is 0 Å². The zero-order chi connectivity index (χ0) is 23.2. The molecule has 2 rings (SSSR count). The lowest BCUT2D eigenvalue weighted by molar-refractivity contribution is 0.0632. The second kappa shape index (κ2) is 10.2. The summed E-state index contributed by atoms with van der Waals surface area (Å²) in [6, 6.07) is 10.8. The van der Waals surface area contributed by atoms with Crippen LogP contribution in [0.25, 0.3) is 11.3 Å². The summed E-state index contributed by atoms with van der Waals surface area (Å²) in [5.41, 5.74) is -0.267. The Labute approximate surface area is 186 Å². The van der Waals surface area contributed by atoms with E-state index in [1.165, 1.54) is 0 Å². The molecule has 31 heavy (non-hydrogen) atoms. The second-order valence-electron chi connectivity index (χ2n) is 7.25. The first kappa shape index (κ1) is 24.8. The lowest BCUT2D eigenvalue weighted by Crippen LogP contribution is -2.29. The molecule has 166 valence electrons. The van der Waals surface area contributed by atoms with Crippen LogP contribution in [0.1, 0.15) is 40.2 Å². The number of hydrogen-bond acceptors (Lipinski definition) is 8. The van der Waals surface area contributed by atoms with Gasteiger partial charge in [-0.2, -0.15) is 5.26 Å². The summed E-state index contributed by atoms with van der Waals surface area (Å²) in [5.74, 6) is -0.148. The van der Waals surface area contributed by atoms with Gasteiger partial charge in [-0.15, -0.1) is 0 Å². The number of benzene rings is 1. The summed E-state index contributed by atoms with van der Waals surface area (Å²) in [6.07, 6.45) is -0.852. The third kappa shape index (κ3) is 6.02. The quantitative estimate of drug-likeness (QED) is 0.405. The van der Waals surface area contributed by atoms with Crippen molar-refractivity contribution in [1.82, 2.24) is 0 Å². The minimum Gasteiger partial charge on any atom is -0.444 e. The van der Waals surface area contributed by atoms with E-state index in [2.05, 4.69) is 5.32 Å². The minimum atomic E-state index is -4.03. The van der Waals surface area contributed by atoms with Crippen LogP contribution in [0.4, 0.5) is 10.7 Å². The van der Waals surface area contributed by atoms with Crippen LogP contribution in [0.3, 0.4) is 0 Å². The van der Waals surface area contributed by atoms with E-state index in [9.17, 15) is 14.6 Å². The zero-order valence-corrected chi connectivity index (χ0v) is 19.8. The van der Waals surface area contributed by atoms with Gasteiger partial charge in [0.15, 0.2) is 5.76 Å². The Morgan fingerprint density at radius 1 is 1.19 bits per heavy atom. The number of carbonyl (C=O) groups is 1. The molecule has 0 saturated heterocycles. The third-order valence-electron chi connectivity index (χ3n) is 3.72. The van der Waals surface area contributed by atoms with Crippen LogP contribution in [0.5, 0.6) is 0 Å². The van der Waals surface area contributed by atoms with Gasteiger partial charge < -0.3 is 18.2 Å². The minimum absolute atomic E-state index is 0.0226. The maximum absolute atomic E-state index is 13.6. The topological polar surface area (TPSA) is 111 Å². The summed E-state index contributed by atoms with van der Waals surface area (Å²) >= 11 is 5.50. The second-order valence-corrected chi connectivity index (χ2v) is 9.62. The zero-order valence-electron chi connectivity index (χ0n) is 18.1. The van der Waals surface area contributed by atoms with E-state index in [1.807, 2.05) is 6.07 Å². The Bertz CT molecular complexity index is 1080. The first-order valence-corrected chi connectivity index (χ1v) is 11.6. The molecule has 2 aromatic rings. The number of anilines is 1. The molecule has 1 N–H and O–H groups in total. The van der Waals surface area contributed by atoms with Gasteiger partial charge in [0.25, 0.3) is 0 Å². The summed E-state index contributed by atoms with van der Waals surface area (Å²) in [5, 5.41) is 12.0. The van der Waals surface area contributed by atoms with E-state index in [1.54, 1.807) is 65.0 Å². The van der Waals surface area contributed by atoms with Gasteiger partial charge in [-0.25, -0.2) is 4.79 Å². The van der Waals surface area contributed by atoms with Gasteiger partial charge >= 0.3 is 13.7 Å². The van der Waals surface area contributed by atoms with Crippen molar-refractivity contribution in [3.8, 4) is 17.4 Å². The number of rotatable bonds is 7. The lowest BCUT2D eigenvalue weighted by Gasteiger charge is -2.23. The molecule has 0 saturated carbocycles. The van der Waals surface area contributed by atoms with Gasteiger partial charge in [0.1, 0.15) is 22.5 Å². The van der Waals surface area contributed by atoms with Gasteiger partial charge in [0, 0.05) is 5.56 Å². The van der Waals surface area contributed by atoms with E-state index in [0.29, 0.717) is 5.56 Å². The number of nitrogens with one attached hydrogen (secondary N) is 1. The van der Waals surface area contributed by atoms with Crippen molar-refractivity contribution < 1.29 is 27.6 Å². The van der Waals surface area contributed by atoms with E-state index in [-0.39, 0.29) is 40.2 Å². The SMILES string of the molecule is CCOP(=O)(OCC)c1c(NC(=O)OC(C)(C)C)oc(-c2ccccc2)c(C#N)c1=S. The molecule has 10 heteroatoms. The molecule has 0 aliphatic rings. The normalized spacial score (nSPS) is 11.6. The van der Waals surface area contributed by atoms with Crippen LogP contribution in [-0.4, -0.2) is 24.9 Å². The fourth-order valence-electron chi connectivity index (χ4n) is 2.66. The number of hydrogen-bond donors (Lipinski definition) is 1. The number of nitrogens with zero attached hydrogens (tertiary/aromatic N) is 1. The van der Waals surface area contributed by atoms with Crippen molar-refractivity contribution in [3.05, 3.63) is 40.4 Å². The number of nitriles is 1. The van der Waals surface area contributed by atoms with Gasteiger partial charge in [-0.1, -0.05) is 42.5 Å². The van der Waals surface area contributed by atoms with E-state index in [4.69, 9.17) is 30.4 Å². The van der Waals surface area contributed by atoms with Crippen LogP contribution in [0.15, 0.2) is 34.7 Å². The van der Waals surface area contributed by atoms with Crippen LogP contribution < -0.4 is 10.6 Å². The predicted molar refractivity (Wildman–Crippen MR) is 120 cm³/mol. The largest absolute Gasteiger partial charge is 0.444 e. The van der Waals surface area contributed by atoms with Gasteiger partial charge in [0.2, 0.25) is 5.88 Å².